The van der Waals surface area contributed by atoms with E-state index in [2.05, 4.69) is 0 Å². The van der Waals surface area contributed by atoms with Crippen LogP contribution in [-0.2, 0) is 19.0 Å². The first kappa shape index (κ1) is 16.6. The van der Waals surface area contributed by atoms with E-state index in [0.717, 1.165) is 0 Å². The fourth-order valence-electron chi connectivity index (χ4n) is 2.48. The van der Waals surface area contributed by atoms with Crippen LogP contribution in [0.25, 0.3) is 0 Å². The Morgan fingerprint density at radius 1 is 1.24 bits per heavy atom. The topological polar surface area (TPSA) is 44.8 Å². The summed E-state index contributed by atoms with van der Waals surface area (Å²) in [5.74, 6) is -1.33. The number of carbonyl (C=O) groups is 1. The minimum Gasteiger partial charge on any atom is -0.467 e. The second kappa shape index (κ2) is 6.53. The summed E-state index contributed by atoms with van der Waals surface area (Å²) in [4.78, 5) is 12.0. The minimum absolute atomic E-state index is 0.438. The van der Waals surface area contributed by atoms with E-state index in [0.29, 0.717) is 28.5 Å². The molecule has 1 heterocycles. The van der Waals surface area contributed by atoms with E-state index >= 15 is 0 Å². The summed E-state index contributed by atoms with van der Waals surface area (Å²) >= 11 is 12.5. The van der Waals surface area contributed by atoms with Crippen molar-refractivity contribution in [3.8, 4) is 0 Å². The van der Waals surface area contributed by atoms with Crippen molar-refractivity contribution in [3.63, 3.8) is 0 Å². The maximum Gasteiger partial charge on any atom is 0.338 e. The van der Waals surface area contributed by atoms with Gasteiger partial charge in [0.2, 0.25) is 0 Å². The lowest BCUT2D eigenvalue weighted by atomic mass is 10.0. The molecule has 6 heteroatoms. The van der Waals surface area contributed by atoms with E-state index < -0.39 is 24.0 Å². The Morgan fingerprint density at radius 3 is 2.29 bits per heavy atom. The van der Waals surface area contributed by atoms with Gasteiger partial charge >= 0.3 is 5.97 Å². The van der Waals surface area contributed by atoms with Crippen LogP contribution < -0.4 is 0 Å². The Labute approximate surface area is 134 Å². The zero-order chi connectivity index (χ0) is 15.6. The molecule has 0 amide bonds. The van der Waals surface area contributed by atoms with Crippen LogP contribution in [0.5, 0.6) is 0 Å². The quantitative estimate of drug-likeness (QED) is 0.777. The number of hydrogen-bond acceptors (Lipinski definition) is 4. The number of rotatable bonds is 4. The summed E-state index contributed by atoms with van der Waals surface area (Å²) in [6.45, 7) is 3.88. The maximum absolute atomic E-state index is 12.0. The highest BCUT2D eigenvalue weighted by Crippen LogP contribution is 2.46. The van der Waals surface area contributed by atoms with E-state index in [-0.39, 0.29) is 0 Å². The standard InChI is InChI=1S/C15H18Cl2O4/c1-4-15(5-2)20-12(13(21-15)14(18)19-3)11-9(16)7-6-8-10(11)17/h6-8,12-13H,4-5H2,1-3H3/t12-,13+/m0/s1. The minimum atomic E-state index is -0.882. The molecule has 0 radical (unpaired) electrons. The first-order valence-corrected chi connectivity index (χ1v) is 7.61. The predicted octanol–water partition coefficient (Wildman–Crippen LogP) is 4.14. The largest absolute Gasteiger partial charge is 0.467 e. The van der Waals surface area contributed by atoms with Crippen LogP contribution in [0.15, 0.2) is 18.2 Å². The van der Waals surface area contributed by atoms with Crippen LogP contribution in [0.4, 0.5) is 0 Å². The number of esters is 1. The Morgan fingerprint density at radius 2 is 1.81 bits per heavy atom. The Bertz CT molecular complexity index is 508. The molecule has 0 saturated carbocycles. The molecule has 4 nitrogen and oxygen atoms in total. The fourth-order valence-corrected chi connectivity index (χ4v) is 3.09. The van der Waals surface area contributed by atoms with E-state index in [1.807, 2.05) is 13.8 Å². The Hall–Kier alpha value is -0.810. The predicted molar refractivity (Wildman–Crippen MR) is 80.5 cm³/mol. The van der Waals surface area contributed by atoms with Crippen LogP contribution in [0.2, 0.25) is 10.0 Å². The molecule has 0 bridgehead atoms. The number of benzene rings is 1. The molecule has 21 heavy (non-hydrogen) atoms. The van der Waals surface area contributed by atoms with Gasteiger partial charge in [0.25, 0.3) is 0 Å². The Kier molecular flexibility index (Phi) is 5.15. The molecule has 1 aromatic rings. The van der Waals surface area contributed by atoms with Crippen LogP contribution in [0, 0.1) is 0 Å². The molecular weight excluding hydrogens is 315 g/mol. The van der Waals surface area contributed by atoms with Gasteiger partial charge in [0, 0.05) is 15.6 Å². The summed E-state index contributed by atoms with van der Waals surface area (Å²) in [6.07, 6.45) is -0.351. The number of carbonyl (C=O) groups excluding carboxylic acids is 1. The molecule has 1 saturated heterocycles. The molecule has 1 aromatic carbocycles. The van der Waals surface area contributed by atoms with Crippen molar-refractivity contribution >= 4 is 29.2 Å². The molecule has 1 aliphatic rings. The van der Waals surface area contributed by atoms with Gasteiger partial charge in [0.1, 0.15) is 6.10 Å². The highest BCUT2D eigenvalue weighted by Gasteiger charge is 2.50. The van der Waals surface area contributed by atoms with Crippen LogP contribution in [0.3, 0.4) is 0 Å². The van der Waals surface area contributed by atoms with Crippen molar-refractivity contribution in [2.75, 3.05) is 7.11 Å². The highest BCUT2D eigenvalue weighted by atomic mass is 35.5. The van der Waals surface area contributed by atoms with E-state index in [9.17, 15) is 4.79 Å². The van der Waals surface area contributed by atoms with Gasteiger partial charge in [-0.3, -0.25) is 0 Å². The lowest BCUT2D eigenvalue weighted by Gasteiger charge is -2.25. The van der Waals surface area contributed by atoms with Crippen LogP contribution in [-0.4, -0.2) is 25.0 Å². The van der Waals surface area contributed by atoms with Gasteiger partial charge in [0.05, 0.1) is 7.11 Å². The normalized spacial score (nSPS) is 24.0. The van der Waals surface area contributed by atoms with Gasteiger partial charge in [-0.25, -0.2) is 4.79 Å². The van der Waals surface area contributed by atoms with E-state index in [1.165, 1.54) is 7.11 Å². The molecule has 1 aliphatic heterocycles. The van der Waals surface area contributed by atoms with Crippen molar-refractivity contribution in [1.82, 2.24) is 0 Å². The van der Waals surface area contributed by atoms with E-state index in [4.69, 9.17) is 37.4 Å². The van der Waals surface area contributed by atoms with Gasteiger partial charge in [-0.1, -0.05) is 43.1 Å². The SMILES string of the molecule is CCC1(CC)O[C@@H](C(=O)OC)[C@H](c2c(Cl)cccc2Cl)O1. The molecule has 116 valence electrons. The molecule has 1 fully saturated rings. The van der Waals surface area contributed by atoms with Crippen molar-refractivity contribution in [3.05, 3.63) is 33.8 Å². The summed E-state index contributed by atoms with van der Waals surface area (Å²) in [5, 5.41) is 0.876. The smallest absolute Gasteiger partial charge is 0.338 e. The molecule has 0 aromatic heterocycles. The van der Waals surface area contributed by atoms with Gasteiger partial charge in [-0.15, -0.1) is 0 Å². The van der Waals surface area contributed by atoms with Crippen molar-refractivity contribution in [1.29, 1.82) is 0 Å². The number of hydrogen-bond donors (Lipinski definition) is 0. The maximum atomic E-state index is 12.0. The average molecular weight is 333 g/mol. The third kappa shape index (κ3) is 3.04. The molecular formula is C15H18Cl2O4. The van der Waals surface area contributed by atoms with Gasteiger partial charge < -0.3 is 14.2 Å². The summed E-state index contributed by atoms with van der Waals surface area (Å²) < 4.78 is 16.7. The second-order valence-corrected chi connectivity index (χ2v) is 5.67. The van der Waals surface area contributed by atoms with E-state index in [1.54, 1.807) is 18.2 Å². The first-order valence-electron chi connectivity index (χ1n) is 6.85. The van der Waals surface area contributed by atoms with Crippen LogP contribution in [0.1, 0.15) is 38.4 Å². The third-order valence-electron chi connectivity index (χ3n) is 3.75. The monoisotopic (exact) mass is 332 g/mol. The first-order chi connectivity index (χ1) is 9.98. The summed E-state index contributed by atoms with van der Waals surface area (Å²) in [6, 6.07) is 5.15. The van der Waals surface area contributed by atoms with Gasteiger partial charge in [-0.2, -0.15) is 0 Å². The van der Waals surface area contributed by atoms with Crippen molar-refractivity contribution in [2.24, 2.45) is 0 Å². The molecule has 0 spiro atoms. The average Bonchev–Trinajstić information content (AvgIpc) is 2.87. The number of methoxy groups -OCH3 is 1. The Balaban J connectivity index is 2.46. The number of halogens is 2. The second-order valence-electron chi connectivity index (χ2n) is 4.85. The molecule has 2 atom stereocenters. The molecule has 2 rings (SSSR count). The highest BCUT2D eigenvalue weighted by molar-refractivity contribution is 6.36. The van der Waals surface area contributed by atoms with Crippen LogP contribution >= 0.6 is 23.2 Å². The third-order valence-corrected chi connectivity index (χ3v) is 4.41. The molecule has 0 N–H and O–H groups in total. The van der Waals surface area contributed by atoms with Gasteiger partial charge in [0.15, 0.2) is 11.9 Å². The lowest BCUT2D eigenvalue weighted by Crippen LogP contribution is -2.32. The number of ether oxygens (including phenoxy) is 3. The molecule has 0 unspecified atom stereocenters. The fraction of sp³-hybridized carbons (Fsp3) is 0.533. The zero-order valence-corrected chi connectivity index (χ0v) is 13.7. The van der Waals surface area contributed by atoms with Crippen molar-refractivity contribution in [2.45, 2.75) is 44.7 Å². The van der Waals surface area contributed by atoms with Crippen molar-refractivity contribution < 1.29 is 19.0 Å². The summed E-state index contributed by atoms with van der Waals surface area (Å²) in [5.41, 5.74) is 0.556. The lowest BCUT2D eigenvalue weighted by molar-refractivity contribution is -0.187. The summed E-state index contributed by atoms with van der Waals surface area (Å²) in [7, 11) is 1.31. The zero-order valence-electron chi connectivity index (χ0n) is 12.2. The van der Waals surface area contributed by atoms with Gasteiger partial charge in [-0.05, 0) is 25.0 Å². The molecule has 0 aliphatic carbocycles.